The van der Waals surface area contributed by atoms with E-state index in [1.807, 2.05) is 0 Å². The number of ether oxygens (including phenoxy) is 1. The highest BCUT2D eigenvalue weighted by Crippen LogP contribution is 2.24. The van der Waals surface area contributed by atoms with Crippen molar-refractivity contribution in [2.75, 3.05) is 18.5 Å². The van der Waals surface area contributed by atoms with E-state index >= 15 is 0 Å². The molecule has 0 fully saturated rings. The van der Waals surface area contributed by atoms with E-state index in [0.29, 0.717) is 0 Å². The predicted molar refractivity (Wildman–Crippen MR) is 68.5 cm³/mol. The summed E-state index contributed by atoms with van der Waals surface area (Å²) >= 11 is 5.70. The Hall–Kier alpha value is -1.80. The number of amides is 1. The Kier molecular flexibility index (Phi) is 5.98. The van der Waals surface area contributed by atoms with Crippen molar-refractivity contribution in [2.45, 2.75) is 12.6 Å². The molecule has 0 radical (unpaired) electrons. The van der Waals surface area contributed by atoms with Gasteiger partial charge in [0.05, 0.1) is 23.7 Å². The number of alkyl halides is 3. The van der Waals surface area contributed by atoms with Crippen LogP contribution < -0.4 is 5.32 Å². The summed E-state index contributed by atoms with van der Waals surface area (Å²) in [5.74, 6) is -2.01. The van der Waals surface area contributed by atoms with E-state index in [-0.39, 0.29) is 22.7 Å². The largest absolute Gasteiger partial charge is 0.478 e. The van der Waals surface area contributed by atoms with Crippen molar-refractivity contribution in [3.8, 4) is 0 Å². The molecule has 0 aliphatic heterocycles. The molecule has 0 bridgehead atoms. The minimum Gasteiger partial charge on any atom is -0.478 e. The second-order valence-corrected chi connectivity index (χ2v) is 4.34. The molecule has 116 valence electrons. The summed E-state index contributed by atoms with van der Waals surface area (Å²) < 4.78 is 39.7. The fraction of sp³-hybridized carbons (Fsp3) is 0.333. The van der Waals surface area contributed by atoms with Crippen molar-refractivity contribution >= 4 is 29.2 Å². The van der Waals surface area contributed by atoms with Crippen molar-refractivity contribution in [3.63, 3.8) is 0 Å². The van der Waals surface area contributed by atoms with Gasteiger partial charge in [-0.1, -0.05) is 17.7 Å². The van der Waals surface area contributed by atoms with E-state index in [1.54, 1.807) is 0 Å². The Balaban J connectivity index is 2.56. The van der Waals surface area contributed by atoms with E-state index in [4.69, 9.17) is 16.7 Å². The van der Waals surface area contributed by atoms with Gasteiger partial charge in [-0.3, -0.25) is 4.79 Å². The summed E-state index contributed by atoms with van der Waals surface area (Å²) in [5.41, 5.74) is -0.320. The molecule has 0 aromatic heterocycles. The quantitative estimate of drug-likeness (QED) is 0.788. The number of nitrogens with one attached hydrogen (secondary N) is 1. The molecule has 0 aliphatic rings. The molecular formula is C12H11ClF3NO4. The number of halogens is 4. The monoisotopic (exact) mass is 325 g/mol. The maximum Gasteiger partial charge on any atom is 0.411 e. The lowest BCUT2D eigenvalue weighted by Gasteiger charge is -2.10. The highest BCUT2D eigenvalue weighted by Gasteiger charge is 2.27. The third-order valence-electron chi connectivity index (χ3n) is 2.24. The van der Waals surface area contributed by atoms with Crippen LogP contribution in [0.1, 0.15) is 16.8 Å². The Morgan fingerprint density at radius 3 is 2.57 bits per heavy atom. The van der Waals surface area contributed by atoms with Crippen LogP contribution in [0, 0.1) is 0 Å². The van der Waals surface area contributed by atoms with Crippen molar-refractivity contribution in [1.82, 2.24) is 0 Å². The zero-order chi connectivity index (χ0) is 16.0. The van der Waals surface area contributed by atoms with Gasteiger partial charge in [0.1, 0.15) is 12.2 Å². The Morgan fingerprint density at radius 1 is 1.33 bits per heavy atom. The average molecular weight is 326 g/mol. The normalized spacial score (nSPS) is 11.2. The highest BCUT2D eigenvalue weighted by molar-refractivity contribution is 6.34. The Bertz CT molecular complexity index is 534. The fourth-order valence-corrected chi connectivity index (χ4v) is 1.67. The number of anilines is 1. The van der Waals surface area contributed by atoms with E-state index in [0.717, 1.165) is 0 Å². The second-order valence-electron chi connectivity index (χ2n) is 3.93. The van der Waals surface area contributed by atoms with E-state index in [9.17, 15) is 22.8 Å². The molecule has 5 nitrogen and oxygen atoms in total. The zero-order valence-corrected chi connectivity index (χ0v) is 11.3. The summed E-state index contributed by atoms with van der Waals surface area (Å²) in [4.78, 5) is 22.5. The number of benzene rings is 1. The lowest BCUT2D eigenvalue weighted by molar-refractivity contribution is -0.174. The van der Waals surface area contributed by atoms with Crippen LogP contribution in [0.25, 0.3) is 0 Å². The molecule has 0 spiro atoms. The first-order valence-electron chi connectivity index (χ1n) is 5.67. The van der Waals surface area contributed by atoms with Crippen molar-refractivity contribution in [1.29, 1.82) is 0 Å². The van der Waals surface area contributed by atoms with Gasteiger partial charge in [0.15, 0.2) is 0 Å². The number of hydrogen-bond acceptors (Lipinski definition) is 3. The molecule has 1 aromatic rings. The van der Waals surface area contributed by atoms with Crippen LogP contribution in [0.15, 0.2) is 18.2 Å². The standard InChI is InChI=1S/C12H11ClF3NO4/c13-7-2-1-3-8(10(7)11(19)20)17-9(18)4-5-21-6-12(14,15)16/h1-3H,4-6H2,(H,17,18)(H,19,20). The number of carbonyl (C=O) groups excluding carboxylic acids is 1. The summed E-state index contributed by atoms with van der Waals surface area (Å²) in [7, 11) is 0. The smallest absolute Gasteiger partial charge is 0.411 e. The second kappa shape index (κ2) is 7.28. The Labute approximate surface area is 122 Å². The molecule has 1 aromatic carbocycles. The molecule has 9 heteroatoms. The molecule has 1 rings (SSSR count). The molecule has 0 saturated carbocycles. The van der Waals surface area contributed by atoms with Crippen LogP contribution in [0.3, 0.4) is 0 Å². The third-order valence-corrected chi connectivity index (χ3v) is 2.56. The van der Waals surface area contributed by atoms with Crippen LogP contribution in [0.2, 0.25) is 5.02 Å². The molecule has 0 saturated heterocycles. The van der Waals surface area contributed by atoms with Crippen LogP contribution in [-0.2, 0) is 9.53 Å². The average Bonchev–Trinajstić information content (AvgIpc) is 2.33. The number of carboxylic acids is 1. The van der Waals surface area contributed by atoms with Crippen molar-refractivity contribution < 1.29 is 32.6 Å². The number of hydrogen-bond donors (Lipinski definition) is 2. The summed E-state index contributed by atoms with van der Waals surface area (Å²) in [6.45, 7) is -1.88. The van der Waals surface area contributed by atoms with Gasteiger partial charge in [0.2, 0.25) is 5.91 Å². The van der Waals surface area contributed by atoms with Gasteiger partial charge in [-0.05, 0) is 12.1 Å². The van der Waals surface area contributed by atoms with Crippen LogP contribution in [-0.4, -0.2) is 36.4 Å². The first-order valence-corrected chi connectivity index (χ1v) is 6.04. The van der Waals surface area contributed by atoms with Crippen LogP contribution >= 0.6 is 11.6 Å². The van der Waals surface area contributed by atoms with Gasteiger partial charge in [-0.25, -0.2) is 4.79 Å². The zero-order valence-electron chi connectivity index (χ0n) is 10.5. The van der Waals surface area contributed by atoms with Gasteiger partial charge in [0.25, 0.3) is 0 Å². The van der Waals surface area contributed by atoms with Gasteiger partial charge >= 0.3 is 12.1 Å². The number of carbonyl (C=O) groups is 2. The van der Waals surface area contributed by atoms with Crippen molar-refractivity contribution in [2.24, 2.45) is 0 Å². The molecule has 0 aliphatic carbocycles. The van der Waals surface area contributed by atoms with Crippen LogP contribution in [0.4, 0.5) is 18.9 Å². The first-order chi connectivity index (χ1) is 9.70. The van der Waals surface area contributed by atoms with Gasteiger partial charge in [-0.15, -0.1) is 0 Å². The lowest BCUT2D eigenvalue weighted by atomic mass is 10.1. The first kappa shape index (κ1) is 17.3. The molecule has 0 unspecified atom stereocenters. The van der Waals surface area contributed by atoms with Gasteiger partial charge < -0.3 is 15.2 Å². The number of aromatic carboxylic acids is 1. The van der Waals surface area contributed by atoms with E-state index in [2.05, 4.69) is 10.1 Å². The minimum atomic E-state index is -4.46. The molecule has 0 heterocycles. The fourth-order valence-electron chi connectivity index (χ4n) is 1.41. The van der Waals surface area contributed by atoms with E-state index < -0.39 is 31.3 Å². The SMILES string of the molecule is O=C(CCOCC(F)(F)F)Nc1cccc(Cl)c1C(=O)O. The Morgan fingerprint density at radius 2 is 2.00 bits per heavy atom. The third kappa shape index (κ3) is 6.01. The molecule has 21 heavy (non-hydrogen) atoms. The summed E-state index contributed by atoms with van der Waals surface area (Å²) in [6, 6.07) is 4.10. The topological polar surface area (TPSA) is 75.6 Å². The maximum atomic E-state index is 11.8. The van der Waals surface area contributed by atoms with Crippen molar-refractivity contribution in [3.05, 3.63) is 28.8 Å². The van der Waals surface area contributed by atoms with Crippen LogP contribution in [0.5, 0.6) is 0 Å². The van der Waals surface area contributed by atoms with E-state index in [1.165, 1.54) is 18.2 Å². The molecular weight excluding hydrogens is 315 g/mol. The number of carboxylic acid groups (broad SMARTS) is 1. The highest BCUT2D eigenvalue weighted by atomic mass is 35.5. The summed E-state index contributed by atoms with van der Waals surface area (Å²) in [6.07, 6.45) is -4.80. The number of rotatable bonds is 6. The molecule has 2 N–H and O–H groups in total. The maximum absolute atomic E-state index is 11.8. The summed E-state index contributed by atoms with van der Waals surface area (Å²) in [5, 5.41) is 11.2. The minimum absolute atomic E-state index is 0.0316. The molecule has 1 amide bonds. The molecule has 0 atom stereocenters. The predicted octanol–water partition coefficient (Wildman–Crippen LogP) is 2.95. The lowest BCUT2D eigenvalue weighted by Crippen LogP contribution is -2.20. The van der Waals surface area contributed by atoms with Gasteiger partial charge in [-0.2, -0.15) is 13.2 Å². The van der Waals surface area contributed by atoms with Gasteiger partial charge in [0, 0.05) is 0 Å².